The topological polar surface area (TPSA) is 52.0 Å². The van der Waals surface area contributed by atoms with E-state index in [1.54, 1.807) is 0 Å². The molecule has 0 bridgehead atoms. The molecule has 0 saturated heterocycles. The molecule has 0 aliphatic heterocycles. The van der Waals surface area contributed by atoms with Crippen LogP contribution in [0.15, 0.2) is 23.1 Å². The Morgan fingerprint density at radius 2 is 1.29 bits per heavy atom. The van der Waals surface area contributed by atoms with Crippen molar-refractivity contribution in [1.29, 1.82) is 0 Å². The van der Waals surface area contributed by atoms with Crippen LogP contribution in [-0.4, -0.2) is 5.25 Å². The van der Waals surface area contributed by atoms with E-state index < -0.39 is 0 Å². The third-order valence-electron chi connectivity index (χ3n) is 5.29. The molecule has 0 atom stereocenters. The van der Waals surface area contributed by atoms with Gasteiger partial charge in [-0.25, -0.2) is 0 Å². The van der Waals surface area contributed by atoms with Crippen molar-refractivity contribution in [2.75, 3.05) is 11.5 Å². The summed E-state index contributed by atoms with van der Waals surface area (Å²) in [6.07, 6.45) is 13.0. The molecular formula is C18H28N2S. The van der Waals surface area contributed by atoms with Crippen LogP contribution < -0.4 is 11.5 Å². The molecule has 116 valence electrons. The highest BCUT2D eigenvalue weighted by molar-refractivity contribution is 8.00. The van der Waals surface area contributed by atoms with Gasteiger partial charge in [-0.1, -0.05) is 32.1 Å². The van der Waals surface area contributed by atoms with Crippen LogP contribution >= 0.6 is 11.8 Å². The van der Waals surface area contributed by atoms with E-state index in [2.05, 4.69) is 12.1 Å². The van der Waals surface area contributed by atoms with Crippen molar-refractivity contribution in [2.45, 2.75) is 67.9 Å². The highest BCUT2D eigenvalue weighted by Crippen LogP contribution is 2.42. The SMILES string of the molecule is Nc1cc(N)cc(SC2CCC(C3CCCCC3)CC2)c1. The van der Waals surface area contributed by atoms with E-state index in [0.717, 1.165) is 28.5 Å². The first kappa shape index (κ1) is 15.1. The molecule has 2 aliphatic carbocycles. The van der Waals surface area contributed by atoms with Gasteiger partial charge < -0.3 is 11.5 Å². The molecule has 0 aromatic heterocycles. The standard InChI is InChI=1S/C18H28N2S/c19-15-10-16(20)12-18(11-15)21-17-8-6-14(7-9-17)13-4-2-1-3-5-13/h10-14,17H,1-9,19-20H2. The molecule has 2 nitrogen and oxygen atoms in total. The molecule has 1 aromatic carbocycles. The van der Waals surface area contributed by atoms with Gasteiger partial charge in [0.2, 0.25) is 0 Å². The van der Waals surface area contributed by atoms with E-state index in [-0.39, 0.29) is 0 Å². The predicted octanol–water partition coefficient (Wildman–Crippen LogP) is 5.08. The van der Waals surface area contributed by atoms with Gasteiger partial charge in [-0.05, 0) is 55.7 Å². The Morgan fingerprint density at radius 3 is 1.90 bits per heavy atom. The maximum atomic E-state index is 5.89. The first-order chi connectivity index (χ1) is 10.2. The monoisotopic (exact) mass is 304 g/mol. The van der Waals surface area contributed by atoms with E-state index in [1.165, 1.54) is 62.7 Å². The smallest absolute Gasteiger partial charge is 0.0345 e. The van der Waals surface area contributed by atoms with Crippen LogP contribution in [0.2, 0.25) is 0 Å². The van der Waals surface area contributed by atoms with E-state index in [1.807, 2.05) is 17.8 Å². The van der Waals surface area contributed by atoms with Gasteiger partial charge >= 0.3 is 0 Å². The lowest BCUT2D eigenvalue weighted by Crippen LogP contribution is -2.24. The van der Waals surface area contributed by atoms with Crippen LogP contribution in [-0.2, 0) is 0 Å². The van der Waals surface area contributed by atoms with Crippen LogP contribution in [0.3, 0.4) is 0 Å². The molecule has 0 heterocycles. The van der Waals surface area contributed by atoms with E-state index in [9.17, 15) is 0 Å². The Hall–Kier alpha value is -0.830. The number of benzene rings is 1. The van der Waals surface area contributed by atoms with Gasteiger partial charge in [-0.15, -0.1) is 11.8 Å². The number of anilines is 2. The Bertz CT molecular complexity index is 440. The van der Waals surface area contributed by atoms with E-state index >= 15 is 0 Å². The molecule has 4 N–H and O–H groups in total. The third kappa shape index (κ3) is 4.09. The van der Waals surface area contributed by atoms with Crippen molar-refractivity contribution in [1.82, 2.24) is 0 Å². The number of hydrogen-bond acceptors (Lipinski definition) is 3. The maximum Gasteiger partial charge on any atom is 0.0345 e. The first-order valence-electron chi connectivity index (χ1n) is 8.53. The zero-order chi connectivity index (χ0) is 14.7. The van der Waals surface area contributed by atoms with Gasteiger partial charge in [0.25, 0.3) is 0 Å². The lowest BCUT2D eigenvalue weighted by atomic mass is 9.73. The molecule has 3 heteroatoms. The zero-order valence-corrected chi connectivity index (χ0v) is 13.7. The van der Waals surface area contributed by atoms with Crippen molar-refractivity contribution >= 4 is 23.1 Å². The Labute approximate surface area is 133 Å². The van der Waals surface area contributed by atoms with Gasteiger partial charge in [-0.3, -0.25) is 0 Å². The van der Waals surface area contributed by atoms with E-state index in [0.29, 0.717) is 0 Å². The van der Waals surface area contributed by atoms with Crippen molar-refractivity contribution in [3.8, 4) is 0 Å². The molecule has 2 fully saturated rings. The lowest BCUT2D eigenvalue weighted by Gasteiger charge is -2.35. The summed E-state index contributed by atoms with van der Waals surface area (Å²) < 4.78 is 0. The van der Waals surface area contributed by atoms with Crippen molar-refractivity contribution < 1.29 is 0 Å². The summed E-state index contributed by atoms with van der Waals surface area (Å²) in [4.78, 5) is 1.24. The zero-order valence-electron chi connectivity index (χ0n) is 12.9. The summed E-state index contributed by atoms with van der Waals surface area (Å²) in [6.45, 7) is 0. The number of nitrogen functional groups attached to an aromatic ring is 2. The molecule has 0 amide bonds. The van der Waals surface area contributed by atoms with Gasteiger partial charge in [0.15, 0.2) is 0 Å². The van der Waals surface area contributed by atoms with Gasteiger partial charge in [0.1, 0.15) is 0 Å². The Balaban J connectivity index is 1.51. The fraction of sp³-hybridized carbons (Fsp3) is 0.667. The summed E-state index contributed by atoms with van der Waals surface area (Å²) in [5.74, 6) is 2.04. The highest BCUT2D eigenvalue weighted by Gasteiger charge is 2.28. The van der Waals surface area contributed by atoms with Crippen LogP contribution in [0.1, 0.15) is 57.8 Å². The minimum absolute atomic E-state index is 0.756. The lowest BCUT2D eigenvalue weighted by molar-refractivity contribution is 0.198. The quantitative estimate of drug-likeness (QED) is 0.765. The number of hydrogen-bond donors (Lipinski definition) is 2. The predicted molar refractivity (Wildman–Crippen MR) is 93.4 cm³/mol. The second-order valence-electron chi connectivity index (χ2n) is 6.89. The summed E-state index contributed by atoms with van der Waals surface area (Å²) in [6, 6.07) is 5.96. The molecule has 2 aliphatic rings. The molecule has 0 spiro atoms. The van der Waals surface area contributed by atoms with Crippen molar-refractivity contribution in [3.05, 3.63) is 18.2 Å². The van der Waals surface area contributed by atoms with Gasteiger partial charge in [0, 0.05) is 21.5 Å². The minimum atomic E-state index is 0.756. The summed E-state index contributed by atoms with van der Waals surface area (Å²) in [7, 11) is 0. The fourth-order valence-electron chi connectivity index (χ4n) is 4.19. The van der Waals surface area contributed by atoms with E-state index in [4.69, 9.17) is 11.5 Å². The number of nitrogens with two attached hydrogens (primary N) is 2. The van der Waals surface area contributed by atoms with Crippen LogP contribution in [0.4, 0.5) is 11.4 Å². The first-order valence-corrected chi connectivity index (χ1v) is 9.41. The fourth-order valence-corrected chi connectivity index (χ4v) is 5.49. The second kappa shape index (κ2) is 6.95. The van der Waals surface area contributed by atoms with Crippen molar-refractivity contribution in [3.63, 3.8) is 0 Å². The normalized spacial score (nSPS) is 27.6. The Kier molecular flexibility index (Phi) is 4.99. The molecule has 0 radical (unpaired) electrons. The molecule has 2 saturated carbocycles. The van der Waals surface area contributed by atoms with Crippen LogP contribution in [0, 0.1) is 11.8 Å². The summed E-state index contributed by atoms with van der Waals surface area (Å²) >= 11 is 1.98. The largest absolute Gasteiger partial charge is 0.399 e. The molecular weight excluding hydrogens is 276 g/mol. The van der Waals surface area contributed by atoms with Crippen LogP contribution in [0.5, 0.6) is 0 Å². The second-order valence-corrected chi connectivity index (χ2v) is 8.26. The number of rotatable bonds is 3. The minimum Gasteiger partial charge on any atom is -0.399 e. The average Bonchev–Trinajstić information content (AvgIpc) is 2.48. The van der Waals surface area contributed by atoms with Gasteiger partial charge in [-0.2, -0.15) is 0 Å². The average molecular weight is 305 g/mol. The van der Waals surface area contributed by atoms with Gasteiger partial charge in [0.05, 0.1) is 0 Å². The highest BCUT2D eigenvalue weighted by atomic mass is 32.2. The van der Waals surface area contributed by atoms with Crippen LogP contribution in [0.25, 0.3) is 0 Å². The summed E-state index contributed by atoms with van der Waals surface area (Å²) in [5.41, 5.74) is 13.4. The number of thioether (sulfide) groups is 1. The summed E-state index contributed by atoms with van der Waals surface area (Å²) in [5, 5.41) is 0.756. The maximum absolute atomic E-state index is 5.89. The molecule has 21 heavy (non-hydrogen) atoms. The molecule has 3 rings (SSSR count). The molecule has 0 unspecified atom stereocenters. The molecule has 1 aromatic rings. The third-order valence-corrected chi connectivity index (χ3v) is 6.60. The van der Waals surface area contributed by atoms with Crippen molar-refractivity contribution in [2.24, 2.45) is 11.8 Å². The Morgan fingerprint density at radius 1 is 0.714 bits per heavy atom.